The van der Waals surface area contributed by atoms with Crippen molar-refractivity contribution < 1.29 is 13.0 Å². The summed E-state index contributed by atoms with van der Waals surface area (Å²) < 4.78 is 28.2. The van der Waals surface area contributed by atoms with E-state index in [4.69, 9.17) is 11.0 Å². The Bertz CT molecular complexity index is 1100. The van der Waals surface area contributed by atoms with Gasteiger partial charge in [0.2, 0.25) is 5.65 Å². The first kappa shape index (κ1) is 15.8. The van der Waals surface area contributed by atoms with Gasteiger partial charge in [0.25, 0.3) is 0 Å². The van der Waals surface area contributed by atoms with E-state index in [0.717, 1.165) is 6.26 Å². The van der Waals surface area contributed by atoms with Crippen molar-refractivity contribution in [3.63, 3.8) is 0 Å². The zero-order chi connectivity index (χ0) is 17.5. The largest absolute Gasteiger partial charge is 0.396 e. The summed E-state index contributed by atoms with van der Waals surface area (Å²) in [5.74, 6) is 0. The summed E-state index contributed by atoms with van der Waals surface area (Å²) in [6.07, 6.45) is 1.25. The van der Waals surface area contributed by atoms with Crippen molar-refractivity contribution in [2.45, 2.75) is 18.4 Å². The van der Waals surface area contributed by atoms with Gasteiger partial charge in [0.1, 0.15) is 6.07 Å². The topological polar surface area (TPSA) is 149 Å². The number of pyridine rings is 2. The van der Waals surface area contributed by atoms with E-state index < -0.39 is 9.84 Å². The number of sulfone groups is 1. The van der Waals surface area contributed by atoms with Gasteiger partial charge < -0.3 is 5.73 Å². The van der Waals surface area contributed by atoms with Crippen molar-refractivity contribution in [2.75, 3.05) is 12.0 Å². The molecule has 3 aromatic heterocycles. The van der Waals surface area contributed by atoms with Crippen molar-refractivity contribution in [3.8, 4) is 6.07 Å². The molecular formula is C14H12N6O3S. The van der Waals surface area contributed by atoms with E-state index in [1.54, 1.807) is 13.0 Å². The molecule has 0 saturated carbocycles. The number of nitrogens with two attached hydrogens (primary N) is 1. The van der Waals surface area contributed by atoms with E-state index in [0.29, 0.717) is 33.8 Å². The fourth-order valence-corrected chi connectivity index (χ4v) is 3.14. The quantitative estimate of drug-likeness (QED) is 0.726. The molecule has 0 bridgehead atoms. The molecule has 3 rings (SSSR count). The van der Waals surface area contributed by atoms with Gasteiger partial charge in [-0.25, -0.2) is 23.0 Å². The molecule has 0 aliphatic rings. The number of hydrogen-bond acceptors (Lipinski definition) is 9. The van der Waals surface area contributed by atoms with Gasteiger partial charge in [0.05, 0.1) is 11.3 Å². The van der Waals surface area contributed by atoms with Crippen LogP contribution in [-0.4, -0.2) is 35.0 Å². The van der Waals surface area contributed by atoms with Crippen molar-refractivity contribution >= 4 is 26.7 Å². The highest BCUT2D eigenvalue weighted by Gasteiger charge is 2.19. The average molecular weight is 344 g/mol. The predicted molar refractivity (Wildman–Crippen MR) is 83.6 cm³/mol. The molecule has 0 spiro atoms. The number of rotatable bonds is 3. The number of nitrogens with zero attached hydrogens (tertiary/aromatic N) is 5. The Morgan fingerprint density at radius 2 is 2.04 bits per heavy atom. The predicted octanol–water partition coefficient (Wildman–Crippen LogP) is 0.769. The van der Waals surface area contributed by atoms with E-state index in [-0.39, 0.29) is 17.0 Å². The van der Waals surface area contributed by atoms with Crippen molar-refractivity contribution in [1.82, 2.24) is 20.3 Å². The Kier molecular flexibility index (Phi) is 3.65. The normalized spacial score (nSPS) is 11.5. The second-order valence-electron chi connectivity index (χ2n) is 5.24. The fourth-order valence-electron chi connectivity index (χ4n) is 2.34. The van der Waals surface area contributed by atoms with E-state index in [1.807, 2.05) is 6.07 Å². The van der Waals surface area contributed by atoms with Gasteiger partial charge in [-0.15, -0.1) is 0 Å². The van der Waals surface area contributed by atoms with Crippen molar-refractivity contribution in [1.29, 1.82) is 5.26 Å². The minimum atomic E-state index is -3.62. The number of anilines is 1. The first-order chi connectivity index (χ1) is 11.3. The summed E-state index contributed by atoms with van der Waals surface area (Å²) in [4.78, 5) is 8.36. The second kappa shape index (κ2) is 5.54. The van der Waals surface area contributed by atoms with E-state index in [2.05, 4.69) is 24.9 Å². The third-order valence-electron chi connectivity index (χ3n) is 3.51. The molecule has 0 atom stereocenters. The molecule has 0 fully saturated rings. The lowest BCUT2D eigenvalue weighted by Gasteiger charge is -2.09. The lowest BCUT2D eigenvalue weighted by molar-refractivity contribution is 0.315. The van der Waals surface area contributed by atoms with Crippen LogP contribution in [0.25, 0.3) is 11.2 Å². The molecule has 0 aliphatic carbocycles. The number of nitrogen functional groups attached to an aromatic ring is 1. The number of aromatic nitrogens is 4. The molecule has 3 aromatic rings. The molecule has 24 heavy (non-hydrogen) atoms. The van der Waals surface area contributed by atoms with E-state index in [9.17, 15) is 8.42 Å². The number of aryl methyl sites for hydroxylation is 1. The molecule has 3 heterocycles. The van der Waals surface area contributed by atoms with Crippen molar-refractivity contribution in [3.05, 3.63) is 34.6 Å². The first-order valence-electron chi connectivity index (χ1n) is 6.78. The Hall–Kier alpha value is -3.06. The van der Waals surface area contributed by atoms with Crippen LogP contribution in [0.3, 0.4) is 0 Å². The Morgan fingerprint density at radius 3 is 2.71 bits per heavy atom. The highest BCUT2D eigenvalue weighted by molar-refractivity contribution is 7.90. The van der Waals surface area contributed by atoms with Crippen LogP contribution in [0, 0.1) is 18.3 Å². The van der Waals surface area contributed by atoms with Crippen LogP contribution in [-0.2, 0) is 16.3 Å². The summed E-state index contributed by atoms with van der Waals surface area (Å²) in [6, 6.07) is 4.83. The average Bonchev–Trinajstić information content (AvgIpc) is 2.98. The molecule has 0 aliphatic heterocycles. The van der Waals surface area contributed by atoms with Gasteiger partial charge in [0.15, 0.2) is 20.4 Å². The van der Waals surface area contributed by atoms with Crippen LogP contribution in [0.4, 0.5) is 5.69 Å². The van der Waals surface area contributed by atoms with E-state index >= 15 is 0 Å². The maximum atomic E-state index is 11.8. The van der Waals surface area contributed by atoms with Crippen LogP contribution in [0.2, 0.25) is 0 Å². The van der Waals surface area contributed by atoms with Gasteiger partial charge in [0, 0.05) is 29.6 Å². The second-order valence-corrected chi connectivity index (χ2v) is 7.17. The lowest BCUT2D eigenvalue weighted by atomic mass is 10.0. The summed E-state index contributed by atoms with van der Waals surface area (Å²) in [7, 11) is -3.62. The number of fused-ring (bicyclic) bond motifs is 1. The van der Waals surface area contributed by atoms with Crippen molar-refractivity contribution in [2.24, 2.45) is 0 Å². The van der Waals surface area contributed by atoms with Gasteiger partial charge in [-0.2, -0.15) is 5.26 Å². The maximum absolute atomic E-state index is 11.8. The number of nitriles is 1. The monoisotopic (exact) mass is 344 g/mol. The standard InChI is InChI=1S/C14H12N6O3S/c1-7-10(11(16)12-13(17-7)20-23-19-12)5-9-4-3-8(6-15)14(18-9)24(2,21)22/h3-4H,5,16H2,1-2H3. The zero-order valence-corrected chi connectivity index (χ0v) is 13.6. The molecule has 0 unspecified atom stereocenters. The molecule has 9 nitrogen and oxygen atoms in total. The lowest BCUT2D eigenvalue weighted by Crippen LogP contribution is -2.08. The molecule has 2 N–H and O–H groups in total. The highest BCUT2D eigenvalue weighted by Crippen LogP contribution is 2.25. The molecule has 122 valence electrons. The summed E-state index contributed by atoms with van der Waals surface area (Å²) in [5.41, 5.74) is 8.80. The third-order valence-corrected chi connectivity index (χ3v) is 4.52. The van der Waals surface area contributed by atoms with Gasteiger partial charge in [-0.05, 0) is 29.4 Å². The van der Waals surface area contributed by atoms with Crippen LogP contribution in [0.15, 0.2) is 21.8 Å². The zero-order valence-electron chi connectivity index (χ0n) is 12.8. The van der Waals surface area contributed by atoms with Crippen LogP contribution < -0.4 is 5.73 Å². The highest BCUT2D eigenvalue weighted by atomic mass is 32.2. The summed E-state index contributed by atoms with van der Waals surface area (Å²) in [5, 5.41) is 16.1. The minimum Gasteiger partial charge on any atom is -0.396 e. The minimum absolute atomic E-state index is 0.000206. The molecule has 0 saturated heterocycles. The smallest absolute Gasteiger partial charge is 0.226 e. The fraction of sp³-hybridized carbons (Fsp3) is 0.214. The summed E-state index contributed by atoms with van der Waals surface area (Å²) >= 11 is 0. The molecule has 0 aromatic carbocycles. The Balaban J connectivity index is 2.11. The van der Waals surface area contributed by atoms with Gasteiger partial charge >= 0.3 is 0 Å². The van der Waals surface area contributed by atoms with Gasteiger partial charge in [-0.1, -0.05) is 0 Å². The molecular weight excluding hydrogens is 332 g/mol. The first-order valence-corrected chi connectivity index (χ1v) is 8.67. The third kappa shape index (κ3) is 2.65. The molecule has 0 radical (unpaired) electrons. The maximum Gasteiger partial charge on any atom is 0.226 e. The van der Waals surface area contributed by atoms with Crippen LogP contribution in [0.5, 0.6) is 0 Å². The van der Waals surface area contributed by atoms with E-state index in [1.165, 1.54) is 6.07 Å². The Morgan fingerprint density at radius 1 is 1.29 bits per heavy atom. The Labute approximate surface area is 137 Å². The SMILES string of the molecule is Cc1nc2nonc2c(N)c1Cc1ccc(C#N)c(S(C)(=O)=O)n1. The number of hydrogen-bond donors (Lipinski definition) is 1. The van der Waals surface area contributed by atoms with Gasteiger partial charge in [-0.3, -0.25) is 0 Å². The summed E-state index contributed by atoms with van der Waals surface area (Å²) in [6.45, 7) is 1.75. The van der Waals surface area contributed by atoms with Crippen LogP contribution in [0.1, 0.15) is 22.5 Å². The molecule has 10 heteroatoms. The molecule has 0 amide bonds. The van der Waals surface area contributed by atoms with Crippen LogP contribution >= 0.6 is 0 Å².